The van der Waals surface area contributed by atoms with Crippen molar-refractivity contribution in [2.75, 3.05) is 52.4 Å². The minimum Gasteiger partial charge on any atom is -0.445 e. The highest BCUT2D eigenvalue weighted by Crippen LogP contribution is 2.24. The maximum absolute atomic E-state index is 13.3. The van der Waals surface area contributed by atoms with Crippen molar-refractivity contribution < 1.29 is 38.1 Å². The third-order valence-corrected chi connectivity index (χ3v) is 8.71. The van der Waals surface area contributed by atoms with Crippen LogP contribution in [0.3, 0.4) is 0 Å². The van der Waals surface area contributed by atoms with Gasteiger partial charge in [-0.1, -0.05) is 30.3 Å². The summed E-state index contributed by atoms with van der Waals surface area (Å²) < 4.78 is 22.6. The Kier molecular flexibility index (Phi) is 15.3. The molecule has 0 unspecified atom stereocenters. The molecule has 0 aromatic heterocycles. The zero-order valence-corrected chi connectivity index (χ0v) is 32.7. The van der Waals surface area contributed by atoms with E-state index in [9.17, 15) is 19.2 Å². The second-order valence-electron chi connectivity index (χ2n) is 16.9. The van der Waals surface area contributed by atoms with Crippen LogP contribution in [0.25, 0.3) is 0 Å². The van der Waals surface area contributed by atoms with E-state index in [0.29, 0.717) is 65.2 Å². The van der Waals surface area contributed by atoms with Crippen LogP contribution in [0, 0.1) is 11.8 Å². The molecule has 0 saturated carbocycles. The molecule has 2 aliphatic rings. The third-order valence-electron chi connectivity index (χ3n) is 8.71. The van der Waals surface area contributed by atoms with Crippen molar-refractivity contribution in [1.82, 2.24) is 19.6 Å². The number of carbonyl (C=O) groups is 4. The number of unbranched alkanes of at least 4 members (excludes halogenated alkanes) is 1. The lowest BCUT2D eigenvalue weighted by Crippen LogP contribution is -2.46. The molecule has 0 spiro atoms. The highest BCUT2D eigenvalue weighted by molar-refractivity contribution is 5.69. The van der Waals surface area contributed by atoms with Crippen molar-refractivity contribution in [1.29, 1.82) is 0 Å². The van der Waals surface area contributed by atoms with E-state index in [-0.39, 0.29) is 42.8 Å². The molecular formula is C39H64N4O8. The number of hydrogen-bond donors (Lipinski definition) is 0. The molecule has 12 nitrogen and oxygen atoms in total. The summed E-state index contributed by atoms with van der Waals surface area (Å²) >= 11 is 0. The van der Waals surface area contributed by atoms with Crippen molar-refractivity contribution in [3.8, 4) is 0 Å². The van der Waals surface area contributed by atoms with E-state index in [1.807, 2.05) is 92.6 Å². The fourth-order valence-electron chi connectivity index (χ4n) is 6.13. The summed E-state index contributed by atoms with van der Waals surface area (Å²) in [6, 6.07) is 9.63. The number of likely N-dealkylation sites (tertiary alicyclic amines) is 2. The Morgan fingerprint density at radius 1 is 0.608 bits per heavy atom. The van der Waals surface area contributed by atoms with Crippen LogP contribution in [-0.2, 0) is 25.6 Å². The smallest absolute Gasteiger partial charge is 0.410 e. The average Bonchev–Trinajstić information content (AvgIpc) is 3.03. The van der Waals surface area contributed by atoms with Gasteiger partial charge in [0.15, 0.2) is 0 Å². The first kappa shape index (κ1) is 41.7. The molecule has 12 heteroatoms. The molecule has 0 radical (unpaired) electrons. The molecule has 0 aliphatic carbocycles. The Balaban J connectivity index is 1.53. The second kappa shape index (κ2) is 18.7. The third kappa shape index (κ3) is 16.0. The molecule has 4 amide bonds. The Labute approximate surface area is 306 Å². The van der Waals surface area contributed by atoms with Gasteiger partial charge in [-0.3, -0.25) is 0 Å². The Bertz CT molecular complexity index is 1250. The average molecular weight is 717 g/mol. The van der Waals surface area contributed by atoms with Crippen LogP contribution in [0.5, 0.6) is 0 Å². The highest BCUT2D eigenvalue weighted by atomic mass is 16.6. The molecular weight excluding hydrogens is 652 g/mol. The largest absolute Gasteiger partial charge is 0.445 e. The summed E-state index contributed by atoms with van der Waals surface area (Å²) in [4.78, 5) is 58.9. The van der Waals surface area contributed by atoms with Crippen molar-refractivity contribution in [2.24, 2.45) is 11.8 Å². The van der Waals surface area contributed by atoms with Crippen LogP contribution in [-0.4, -0.2) is 113 Å². The van der Waals surface area contributed by atoms with Crippen LogP contribution in [0.1, 0.15) is 106 Å². The van der Waals surface area contributed by atoms with Crippen LogP contribution >= 0.6 is 0 Å². The predicted octanol–water partition coefficient (Wildman–Crippen LogP) is 7.94. The number of benzene rings is 1. The first-order valence-corrected chi connectivity index (χ1v) is 18.7. The van der Waals surface area contributed by atoms with E-state index in [1.54, 1.807) is 19.6 Å². The molecule has 2 aliphatic heterocycles. The van der Waals surface area contributed by atoms with E-state index < -0.39 is 16.8 Å². The Hall–Kier alpha value is -3.70. The van der Waals surface area contributed by atoms with Crippen LogP contribution in [0.4, 0.5) is 19.2 Å². The van der Waals surface area contributed by atoms with Gasteiger partial charge < -0.3 is 38.5 Å². The fraction of sp³-hybridized carbons (Fsp3) is 0.744. The van der Waals surface area contributed by atoms with E-state index in [4.69, 9.17) is 18.9 Å². The summed E-state index contributed by atoms with van der Waals surface area (Å²) in [6.07, 6.45) is 3.11. The van der Waals surface area contributed by atoms with E-state index >= 15 is 0 Å². The van der Waals surface area contributed by atoms with Gasteiger partial charge >= 0.3 is 24.4 Å². The highest BCUT2D eigenvalue weighted by Gasteiger charge is 2.31. The number of ether oxygens (including phenoxy) is 4. The summed E-state index contributed by atoms with van der Waals surface area (Å²) in [7, 11) is 0. The molecule has 3 rings (SSSR count). The maximum Gasteiger partial charge on any atom is 0.410 e. The van der Waals surface area contributed by atoms with Crippen molar-refractivity contribution in [3.63, 3.8) is 0 Å². The summed E-state index contributed by atoms with van der Waals surface area (Å²) in [5.74, 6) is 0.455. The molecule has 288 valence electrons. The number of amides is 4. The number of piperidine rings is 2. The van der Waals surface area contributed by atoms with Gasteiger partial charge in [-0.05, 0) is 118 Å². The van der Waals surface area contributed by atoms with Crippen molar-refractivity contribution >= 4 is 24.4 Å². The summed E-state index contributed by atoms with van der Waals surface area (Å²) in [5, 5.41) is 0. The quantitative estimate of drug-likeness (QED) is 0.167. The summed E-state index contributed by atoms with van der Waals surface area (Å²) in [5.41, 5.74) is -0.856. The molecule has 2 heterocycles. The minimum atomic E-state index is -0.631. The zero-order valence-electron chi connectivity index (χ0n) is 32.7. The first-order chi connectivity index (χ1) is 23.8. The van der Waals surface area contributed by atoms with Crippen LogP contribution in [0.2, 0.25) is 0 Å². The van der Waals surface area contributed by atoms with E-state index in [2.05, 4.69) is 0 Å². The number of hydrogen-bond acceptors (Lipinski definition) is 8. The fourth-order valence-corrected chi connectivity index (χ4v) is 6.13. The van der Waals surface area contributed by atoms with Crippen molar-refractivity contribution in [3.05, 3.63) is 35.9 Å². The molecule has 2 fully saturated rings. The van der Waals surface area contributed by atoms with Gasteiger partial charge in [-0.15, -0.1) is 0 Å². The van der Waals surface area contributed by atoms with E-state index in [1.165, 1.54) is 0 Å². The van der Waals surface area contributed by atoms with Gasteiger partial charge in [0, 0.05) is 52.4 Å². The first-order valence-electron chi connectivity index (χ1n) is 18.7. The summed E-state index contributed by atoms with van der Waals surface area (Å²) in [6.45, 7) is 21.4. The monoisotopic (exact) mass is 716 g/mol. The van der Waals surface area contributed by atoms with Gasteiger partial charge in [-0.25, -0.2) is 19.2 Å². The minimum absolute atomic E-state index is 0.223. The SMILES string of the molecule is CC(C)(C)OC(=O)N1CCC(CN(CCCCN(CC2CCN(C(=O)OCc3ccccc3)CC2)C(=O)OC(C)(C)C)C(=O)OC(C)(C)C)CC1. The Morgan fingerprint density at radius 2 is 1.00 bits per heavy atom. The van der Waals surface area contributed by atoms with Gasteiger partial charge in [-0.2, -0.15) is 0 Å². The predicted molar refractivity (Wildman–Crippen MR) is 196 cm³/mol. The lowest BCUT2D eigenvalue weighted by Gasteiger charge is -2.36. The molecule has 0 N–H and O–H groups in total. The molecule has 2 saturated heterocycles. The molecule has 0 atom stereocenters. The molecule has 1 aromatic rings. The molecule has 0 bridgehead atoms. The van der Waals surface area contributed by atoms with Crippen LogP contribution < -0.4 is 0 Å². The number of rotatable bonds is 11. The van der Waals surface area contributed by atoms with E-state index in [0.717, 1.165) is 31.2 Å². The Morgan fingerprint density at radius 3 is 1.39 bits per heavy atom. The van der Waals surface area contributed by atoms with Gasteiger partial charge in [0.25, 0.3) is 0 Å². The lowest BCUT2D eigenvalue weighted by molar-refractivity contribution is 0.00912. The van der Waals surface area contributed by atoms with Crippen LogP contribution in [0.15, 0.2) is 30.3 Å². The second-order valence-corrected chi connectivity index (χ2v) is 16.9. The van der Waals surface area contributed by atoms with Gasteiger partial charge in [0.2, 0.25) is 0 Å². The standard InChI is InChI=1S/C39H64N4O8/c1-37(2,3)49-34(45)41-25-19-31(20-26-41)28-43(36(47)51-39(7,8)9)22-14-13-21-42(35(46)50-38(4,5)6)27-30-17-23-40(24-18-30)33(44)48-29-32-15-11-10-12-16-32/h10-12,15-16,30-31H,13-14,17-29H2,1-9H3. The molecule has 51 heavy (non-hydrogen) atoms. The number of carbonyl (C=O) groups excluding carboxylic acids is 4. The van der Waals surface area contributed by atoms with Gasteiger partial charge in [0.1, 0.15) is 23.4 Å². The zero-order chi connectivity index (χ0) is 37.8. The topological polar surface area (TPSA) is 118 Å². The normalized spacial score (nSPS) is 16.3. The van der Waals surface area contributed by atoms with Crippen molar-refractivity contribution in [2.45, 2.75) is 124 Å². The molecule has 1 aromatic carbocycles. The lowest BCUT2D eigenvalue weighted by atomic mass is 9.96. The maximum atomic E-state index is 13.3. The van der Waals surface area contributed by atoms with Gasteiger partial charge in [0.05, 0.1) is 0 Å². The number of nitrogens with zero attached hydrogens (tertiary/aromatic N) is 4.